The molecule has 1 aliphatic rings. The summed E-state index contributed by atoms with van der Waals surface area (Å²) in [5, 5.41) is 11.6. The van der Waals surface area contributed by atoms with Crippen LogP contribution >= 0.6 is 11.6 Å². The number of aliphatic hydroxyl groups excluding tert-OH is 1. The van der Waals surface area contributed by atoms with Gasteiger partial charge in [0.15, 0.2) is 0 Å². The predicted octanol–water partition coefficient (Wildman–Crippen LogP) is 4.76. The van der Waals surface area contributed by atoms with Crippen LogP contribution in [0.3, 0.4) is 0 Å². The standard InChI is InChI=1S/C25H28ClNO5/c1-4-16-7-9-17(10-8-16)22-21(24(29)25(30)27(22)13-6-14-31-3)23(28)18-11-12-19(26)20(15-18)32-5-2/h7-12,15,22,28H,4-6,13-14H2,1-3H3/b23-21-. The number of ether oxygens (including phenoxy) is 2. The van der Waals surface area contributed by atoms with E-state index in [4.69, 9.17) is 21.1 Å². The lowest BCUT2D eigenvalue weighted by molar-refractivity contribution is -0.140. The van der Waals surface area contributed by atoms with Crippen molar-refractivity contribution in [2.75, 3.05) is 26.9 Å². The number of Topliss-reactive ketones (excluding diaryl/α,β-unsaturated/α-hetero) is 1. The van der Waals surface area contributed by atoms with Crippen molar-refractivity contribution < 1.29 is 24.2 Å². The van der Waals surface area contributed by atoms with Crippen molar-refractivity contribution in [2.45, 2.75) is 32.7 Å². The molecule has 1 heterocycles. The molecule has 1 saturated heterocycles. The molecule has 0 radical (unpaired) electrons. The molecule has 7 heteroatoms. The van der Waals surface area contributed by atoms with Crippen LogP contribution in [0.2, 0.25) is 5.02 Å². The minimum Gasteiger partial charge on any atom is -0.507 e. The smallest absolute Gasteiger partial charge is 0.295 e. The van der Waals surface area contributed by atoms with Crippen molar-refractivity contribution in [1.29, 1.82) is 0 Å². The summed E-state index contributed by atoms with van der Waals surface area (Å²) in [6, 6.07) is 11.8. The fourth-order valence-electron chi connectivity index (χ4n) is 3.84. The number of aryl methyl sites for hydroxylation is 1. The lowest BCUT2D eigenvalue weighted by Crippen LogP contribution is -2.31. The van der Waals surface area contributed by atoms with Gasteiger partial charge >= 0.3 is 0 Å². The van der Waals surface area contributed by atoms with E-state index in [9.17, 15) is 14.7 Å². The molecule has 1 N–H and O–H groups in total. The molecule has 3 rings (SSSR count). The Balaban J connectivity index is 2.12. The molecule has 1 atom stereocenters. The van der Waals surface area contributed by atoms with Crippen LogP contribution < -0.4 is 4.74 Å². The van der Waals surface area contributed by atoms with Crippen molar-refractivity contribution >= 4 is 29.1 Å². The third-order valence-corrected chi connectivity index (χ3v) is 5.81. The highest BCUT2D eigenvalue weighted by atomic mass is 35.5. The molecule has 0 aliphatic carbocycles. The summed E-state index contributed by atoms with van der Waals surface area (Å²) in [6.07, 6.45) is 1.45. The number of halogens is 1. The van der Waals surface area contributed by atoms with Crippen LogP contribution in [0.25, 0.3) is 5.76 Å². The predicted molar refractivity (Wildman–Crippen MR) is 124 cm³/mol. The first-order valence-corrected chi connectivity index (χ1v) is 11.1. The number of amides is 1. The van der Waals surface area contributed by atoms with E-state index in [1.54, 1.807) is 25.3 Å². The summed E-state index contributed by atoms with van der Waals surface area (Å²) in [7, 11) is 1.59. The van der Waals surface area contributed by atoms with E-state index >= 15 is 0 Å². The molecule has 1 amide bonds. The zero-order chi connectivity index (χ0) is 23.3. The molecule has 0 spiro atoms. The summed E-state index contributed by atoms with van der Waals surface area (Å²) >= 11 is 6.17. The second-order valence-electron chi connectivity index (χ2n) is 7.51. The van der Waals surface area contributed by atoms with Gasteiger partial charge in [0, 0.05) is 25.8 Å². The van der Waals surface area contributed by atoms with Gasteiger partial charge in [-0.25, -0.2) is 0 Å². The van der Waals surface area contributed by atoms with Gasteiger partial charge in [0.1, 0.15) is 11.5 Å². The molecule has 2 aromatic rings. The number of hydrogen-bond acceptors (Lipinski definition) is 5. The number of benzene rings is 2. The van der Waals surface area contributed by atoms with Crippen LogP contribution in [0.15, 0.2) is 48.0 Å². The van der Waals surface area contributed by atoms with Gasteiger partial charge in [-0.2, -0.15) is 0 Å². The molecule has 0 bridgehead atoms. The van der Waals surface area contributed by atoms with Crippen LogP contribution in [0.4, 0.5) is 0 Å². The first-order valence-electron chi connectivity index (χ1n) is 10.7. The summed E-state index contributed by atoms with van der Waals surface area (Å²) in [4.78, 5) is 27.5. The third-order valence-electron chi connectivity index (χ3n) is 5.50. The number of methoxy groups -OCH3 is 1. The Kier molecular flexibility index (Phi) is 7.94. The summed E-state index contributed by atoms with van der Waals surface area (Å²) < 4.78 is 10.6. The van der Waals surface area contributed by atoms with E-state index in [-0.39, 0.29) is 11.3 Å². The van der Waals surface area contributed by atoms with Crippen molar-refractivity contribution in [1.82, 2.24) is 4.90 Å². The largest absolute Gasteiger partial charge is 0.507 e. The average molecular weight is 458 g/mol. The number of rotatable bonds is 9. The first kappa shape index (κ1) is 23.8. The van der Waals surface area contributed by atoms with Gasteiger partial charge < -0.3 is 19.5 Å². The minimum atomic E-state index is -0.711. The maximum absolute atomic E-state index is 13.0. The van der Waals surface area contributed by atoms with Crippen molar-refractivity contribution in [3.05, 3.63) is 69.8 Å². The molecule has 2 aromatic carbocycles. The second kappa shape index (κ2) is 10.7. The van der Waals surface area contributed by atoms with Gasteiger partial charge in [-0.05, 0) is 49.1 Å². The molecule has 1 fully saturated rings. The Morgan fingerprint density at radius 1 is 1.12 bits per heavy atom. The van der Waals surface area contributed by atoms with Gasteiger partial charge in [0.05, 0.1) is 23.2 Å². The summed E-state index contributed by atoms with van der Waals surface area (Å²) in [5.74, 6) is -1.19. The molecule has 0 saturated carbocycles. The van der Waals surface area contributed by atoms with Gasteiger partial charge in [-0.1, -0.05) is 42.8 Å². The molecule has 0 aromatic heterocycles. The Labute approximate surface area is 193 Å². The number of ketones is 1. The molecule has 1 unspecified atom stereocenters. The van der Waals surface area contributed by atoms with Crippen LogP contribution in [0, 0.1) is 0 Å². The van der Waals surface area contributed by atoms with E-state index in [2.05, 4.69) is 6.92 Å². The number of aliphatic hydroxyl groups is 1. The molecule has 1 aliphatic heterocycles. The lowest BCUT2D eigenvalue weighted by atomic mass is 9.94. The highest BCUT2D eigenvalue weighted by molar-refractivity contribution is 6.46. The SMILES string of the molecule is CCOc1cc(/C(O)=C2/C(=O)C(=O)N(CCCOC)C2c2ccc(CC)cc2)ccc1Cl. The third kappa shape index (κ3) is 4.81. The van der Waals surface area contributed by atoms with Crippen LogP contribution in [0.1, 0.15) is 43.0 Å². The van der Waals surface area contributed by atoms with Crippen molar-refractivity contribution in [2.24, 2.45) is 0 Å². The maximum Gasteiger partial charge on any atom is 0.295 e. The zero-order valence-electron chi connectivity index (χ0n) is 18.6. The normalized spacial score (nSPS) is 17.8. The van der Waals surface area contributed by atoms with E-state index in [1.165, 1.54) is 4.90 Å². The quantitative estimate of drug-likeness (QED) is 0.254. The number of hydrogen-bond donors (Lipinski definition) is 1. The number of likely N-dealkylation sites (tertiary alicyclic amines) is 1. The van der Waals surface area contributed by atoms with E-state index < -0.39 is 17.7 Å². The fraction of sp³-hybridized carbons (Fsp3) is 0.360. The highest BCUT2D eigenvalue weighted by Crippen LogP contribution is 2.40. The molecule has 32 heavy (non-hydrogen) atoms. The van der Waals surface area contributed by atoms with Crippen molar-refractivity contribution in [3.63, 3.8) is 0 Å². The Morgan fingerprint density at radius 3 is 2.47 bits per heavy atom. The van der Waals surface area contributed by atoms with Crippen molar-refractivity contribution in [3.8, 4) is 5.75 Å². The minimum absolute atomic E-state index is 0.0569. The van der Waals surface area contributed by atoms with Crippen LogP contribution in [-0.4, -0.2) is 48.6 Å². The average Bonchev–Trinajstić information content (AvgIpc) is 3.05. The fourth-order valence-corrected chi connectivity index (χ4v) is 4.02. The second-order valence-corrected chi connectivity index (χ2v) is 7.92. The first-order chi connectivity index (χ1) is 15.4. The monoisotopic (exact) mass is 457 g/mol. The Hall–Kier alpha value is -2.83. The summed E-state index contributed by atoms with van der Waals surface area (Å²) in [5.41, 5.74) is 2.33. The summed E-state index contributed by atoms with van der Waals surface area (Å²) in [6.45, 7) is 5.08. The van der Waals surface area contributed by atoms with Gasteiger partial charge in [0.2, 0.25) is 0 Å². The van der Waals surface area contributed by atoms with Gasteiger partial charge in [-0.3, -0.25) is 9.59 Å². The maximum atomic E-state index is 13.0. The highest BCUT2D eigenvalue weighted by Gasteiger charge is 2.45. The zero-order valence-corrected chi connectivity index (χ0v) is 19.3. The topological polar surface area (TPSA) is 76.1 Å². The molecule has 170 valence electrons. The van der Waals surface area contributed by atoms with Crippen LogP contribution in [-0.2, 0) is 20.7 Å². The van der Waals surface area contributed by atoms with E-state index in [1.807, 2.05) is 31.2 Å². The molecular formula is C25H28ClNO5. The van der Waals surface area contributed by atoms with Gasteiger partial charge in [0.25, 0.3) is 11.7 Å². The Bertz CT molecular complexity index is 1020. The van der Waals surface area contributed by atoms with Crippen LogP contribution in [0.5, 0.6) is 5.75 Å². The number of carbonyl (C=O) groups excluding carboxylic acids is 2. The molecular weight excluding hydrogens is 430 g/mol. The lowest BCUT2D eigenvalue weighted by Gasteiger charge is -2.25. The van der Waals surface area contributed by atoms with Gasteiger partial charge in [-0.15, -0.1) is 0 Å². The number of nitrogens with zero attached hydrogens (tertiary/aromatic N) is 1. The van der Waals surface area contributed by atoms with E-state index in [0.29, 0.717) is 42.5 Å². The van der Waals surface area contributed by atoms with E-state index in [0.717, 1.165) is 17.5 Å². The molecule has 6 nitrogen and oxygen atoms in total. The Morgan fingerprint density at radius 2 is 1.84 bits per heavy atom. The number of carbonyl (C=O) groups is 2.